The zero-order chi connectivity index (χ0) is 19.9. The molecule has 0 aromatic heterocycles. The van der Waals surface area contributed by atoms with E-state index in [1.165, 1.54) is 0 Å². The summed E-state index contributed by atoms with van der Waals surface area (Å²) in [4.78, 5) is 35.0. The molecule has 27 heavy (non-hydrogen) atoms. The Morgan fingerprint density at radius 3 is 2.26 bits per heavy atom. The van der Waals surface area contributed by atoms with Crippen molar-refractivity contribution in [1.82, 2.24) is 10.6 Å². The molecule has 1 aliphatic carbocycles. The lowest BCUT2D eigenvalue weighted by molar-refractivity contribution is -0.150. The van der Waals surface area contributed by atoms with Gasteiger partial charge in [-0.25, -0.2) is 9.59 Å². The summed E-state index contributed by atoms with van der Waals surface area (Å²) in [6.45, 7) is 5.50. The van der Waals surface area contributed by atoms with Crippen LogP contribution in [0.2, 0.25) is 0 Å². The Morgan fingerprint density at radius 1 is 1.04 bits per heavy atom. The zero-order valence-corrected chi connectivity index (χ0v) is 16.2. The molecule has 1 saturated carbocycles. The number of amides is 3. The first-order chi connectivity index (χ1) is 12.7. The molecule has 2 N–H and O–H groups in total. The van der Waals surface area contributed by atoms with Crippen LogP contribution in [0.4, 0.5) is 4.79 Å². The van der Waals surface area contributed by atoms with Gasteiger partial charge in [-0.05, 0) is 36.0 Å². The molecule has 7 nitrogen and oxygen atoms in total. The fourth-order valence-electron chi connectivity index (χ4n) is 2.84. The average molecular weight is 376 g/mol. The van der Waals surface area contributed by atoms with E-state index >= 15 is 0 Å². The summed E-state index contributed by atoms with van der Waals surface area (Å²) < 4.78 is 10.2. The monoisotopic (exact) mass is 376 g/mol. The van der Waals surface area contributed by atoms with Gasteiger partial charge in [-0.3, -0.25) is 10.1 Å². The highest BCUT2D eigenvalue weighted by molar-refractivity contribution is 5.95. The molecule has 1 fully saturated rings. The molecule has 7 heteroatoms. The van der Waals surface area contributed by atoms with Gasteiger partial charge in [0.15, 0.2) is 13.2 Å². The van der Waals surface area contributed by atoms with Crippen LogP contribution in [0, 0.1) is 0 Å². The van der Waals surface area contributed by atoms with Gasteiger partial charge in [-0.15, -0.1) is 0 Å². The van der Waals surface area contributed by atoms with Gasteiger partial charge < -0.3 is 14.8 Å². The Bertz CT molecular complexity index is 658. The van der Waals surface area contributed by atoms with E-state index in [0.29, 0.717) is 5.75 Å². The minimum absolute atomic E-state index is 0.0366. The van der Waals surface area contributed by atoms with E-state index in [1.807, 2.05) is 12.1 Å². The number of esters is 1. The minimum Gasteiger partial charge on any atom is -0.482 e. The maximum absolute atomic E-state index is 11.7. The van der Waals surface area contributed by atoms with Crippen LogP contribution in [0.3, 0.4) is 0 Å². The molecule has 0 bridgehead atoms. The van der Waals surface area contributed by atoms with Gasteiger partial charge >= 0.3 is 12.0 Å². The Kier molecular flexibility index (Phi) is 7.21. The number of carbonyl (C=O) groups excluding carboxylic acids is 3. The Balaban J connectivity index is 1.65. The lowest BCUT2D eigenvalue weighted by Crippen LogP contribution is -2.45. The summed E-state index contributed by atoms with van der Waals surface area (Å²) in [5.74, 6) is -0.810. The molecular weight excluding hydrogens is 348 g/mol. The standard InChI is InChI=1S/C20H28N2O5/c1-20(2,3)14-8-10-16(11-9-14)26-13-18(24)27-12-17(23)22-19(25)21-15-6-4-5-7-15/h8-11,15H,4-7,12-13H2,1-3H3,(H2,21,22,23,25). The van der Waals surface area contributed by atoms with Crippen LogP contribution in [-0.4, -0.2) is 37.2 Å². The maximum atomic E-state index is 11.7. The summed E-state index contributed by atoms with van der Waals surface area (Å²) in [5, 5.41) is 4.87. The molecule has 2 rings (SSSR count). The van der Waals surface area contributed by atoms with E-state index in [4.69, 9.17) is 9.47 Å². The fourth-order valence-corrected chi connectivity index (χ4v) is 2.84. The van der Waals surface area contributed by atoms with Crippen LogP contribution >= 0.6 is 0 Å². The van der Waals surface area contributed by atoms with E-state index in [0.717, 1.165) is 31.2 Å². The van der Waals surface area contributed by atoms with Gasteiger partial charge in [-0.1, -0.05) is 45.7 Å². The van der Waals surface area contributed by atoms with Crippen molar-refractivity contribution in [3.8, 4) is 5.75 Å². The summed E-state index contributed by atoms with van der Waals surface area (Å²) in [6.07, 6.45) is 4.00. The molecule has 0 atom stereocenters. The molecule has 0 saturated heterocycles. The number of ether oxygens (including phenoxy) is 2. The quantitative estimate of drug-likeness (QED) is 0.745. The van der Waals surface area contributed by atoms with Gasteiger partial charge in [-0.2, -0.15) is 0 Å². The first-order valence-electron chi connectivity index (χ1n) is 9.23. The van der Waals surface area contributed by atoms with Crippen molar-refractivity contribution < 1.29 is 23.9 Å². The highest BCUT2D eigenvalue weighted by atomic mass is 16.6. The highest BCUT2D eigenvalue weighted by Gasteiger charge is 2.19. The van der Waals surface area contributed by atoms with Crippen molar-refractivity contribution in [2.45, 2.75) is 57.9 Å². The summed E-state index contributed by atoms with van der Waals surface area (Å²) in [5.41, 5.74) is 1.19. The molecule has 1 aliphatic rings. The average Bonchev–Trinajstić information content (AvgIpc) is 3.10. The topological polar surface area (TPSA) is 93.7 Å². The molecule has 0 radical (unpaired) electrons. The van der Waals surface area contributed by atoms with Crippen LogP contribution in [0.15, 0.2) is 24.3 Å². The first-order valence-corrected chi connectivity index (χ1v) is 9.23. The van der Waals surface area contributed by atoms with E-state index < -0.39 is 24.5 Å². The number of rotatable bonds is 6. The van der Waals surface area contributed by atoms with Crippen LogP contribution in [0.25, 0.3) is 0 Å². The molecule has 0 heterocycles. The fraction of sp³-hybridized carbons (Fsp3) is 0.550. The van der Waals surface area contributed by atoms with Gasteiger partial charge in [0.05, 0.1) is 0 Å². The Hall–Kier alpha value is -2.57. The number of imide groups is 1. The predicted molar refractivity (Wildman–Crippen MR) is 101 cm³/mol. The first kappa shape index (κ1) is 20.7. The van der Waals surface area contributed by atoms with Crippen molar-refractivity contribution in [3.63, 3.8) is 0 Å². The SMILES string of the molecule is CC(C)(C)c1ccc(OCC(=O)OCC(=O)NC(=O)NC2CCCC2)cc1. The van der Waals surface area contributed by atoms with Crippen molar-refractivity contribution in [3.05, 3.63) is 29.8 Å². The molecule has 148 valence electrons. The third-order valence-corrected chi connectivity index (χ3v) is 4.38. The van der Waals surface area contributed by atoms with Crippen LogP contribution in [0.1, 0.15) is 52.0 Å². The number of urea groups is 1. The Labute approximate surface area is 159 Å². The normalized spacial score (nSPS) is 14.5. The van der Waals surface area contributed by atoms with E-state index in [-0.39, 0.29) is 18.1 Å². The number of hydrogen-bond acceptors (Lipinski definition) is 5. The lowest BCUT2D eigenvalue weighted by atomic mass is 9.87. The molecule has 3 amide bonds. The second kappa shape index (κ2) is 9.39. The number of nitrogens with one attached hydrogen (secondary N) is 2. The van der Waals surface area contributed by atoms with E-state index in [9.17, 15) is 14.4 Å². The minimum atomic E-state index is -0.679. The third-order valence-electron chi connectivity index (χ3n) is 4.38. The van der Waals surface area contributed by atoms with Gasteiger partial charge in [0, 0.05) is 6.04 Å². The maximum Gasteiger partial charge on any atom is 0.344 e. The molecule has 1 aromatic carbocycles. The van der Waals surface area contributed by atoms with Gasteiger partial charge in [0.1, 0.15) is 5.75 Å². The van der Waals surface area contributed by atoms with Crippen LogP contribution in [-0.2, 0) is 19.7 Å². The Morgan fingerprint density at radius 2 is 1.67 bits per heavy atom. The molecular formula is C20H28N2O5. The van der Waals surface area contributed by atoms with Crippen LogP contribution < -0.4 is 15.4 Å². The molecule has 1 aromatic rings. The molecule has 0 aliphatic heterocycles. The number of carbonyl (C=O) groups is 3. The second-order valence-corrected chi connectivity index (χ2v) is 7.73. The smallest absolute Gasteiger partial charge is 0.344 e. The molecule has 0 unspecified atom stereocenters. The van der Waals surface area contributed by atoms with Crippen molar-refractivity contribution in [2.24, 2.45) is 0 Å². The van der Waals surface area contributed by atoms with Crippen molar-refractivity contribution in [1.29, 1.82) is 0 Å². The largest absolute Gasteiger partial charge is 0.482 e. The number of benzene rings is 1. The number of hydrogen-bond donors (Lipinski definition) is 2. The van der Waals surface area contributed by atoms with E-state index in [2.05, 4.69) is 31.4 Å². The third kappa shape index (κ3) is 7.29. The summed E-state index contributed by atoms with van der Waals surface area (Å²) >= 11 is 0. The van der Waals surface area contributed by atoms with Gasteiger partial charge in [0.2, 0.25) is 0 Å². The summed E-state index contributed by atoms with van der Waals surface area (Å²) in [7, 11) is 0. The van der Waals surface area contributed by atoms with E-state index in [1.54, 1.807) is 12.1 Å². The second-order valence-electron chi connectivity index (χ2n) is 7.73. The van der Waals surface area contributed by atoms with Gasteiger partial charge in [0.25, 0.3) is 5.91 Å². The predicted octanol–water partition coefficient (Wildman–Crippen LogP) is 2.67. The zero-order valence-electron chi connectivity index (χ0n) is 16.2. The van der Waals surface area contributed by atoms with Crippen molar-refractivity contribution >= 4 is 17.9 Å². The summed E-state index contributed by atoms with van der Waals surface area (Å²) in [6, 6.07) is 7.01. The lowest BCUT2D eigenvalue weighted by Gasteiger charge is -2.19. The highest BCUT2D eigenvalue weighted by Crippen LogP contribution is 2.24. The molecule has 0 spiro atoms. The van der Waals surface area contributed by atoms with Crippen molar-refractivity contribution in [2.75, 3.05) is 13.2 Å². The van der Waals surface area contributed by atoms with Crippen LogP contribution in [0.5, 0.6) is 5.75 Å².